The number of hydrogen-bond acceptors (Lipinski definition) is 3. The summed E-state index contributed by atoms with van der Waals surface area (Å²) in [5, 5.41) is 12.3. The van der Waals surface area contributed by atoms with Gasteiger partial charge in [-0.25, -0.2) is 4.79 Å². The van der Waals surface area contributed by atoms with Crippen molar-refractivity contribution < 1.29 is 14.6 Å². The Hall–Kier alpha value is -1.71. The maximum Gasteiger partial charge on any atom is 0.329 e. The lowest BCUT2D eigenvalue weighted by molar-refractivity contribution is -0.141. The van der Waals surface area contributed by atoms with E-state index in [1.807, 2.05) is 32.0 Å². The number of carboxylic acid groups (broad SMARTS) is 1. The van der Waals surface area contributed by atoms with Gasteiger partial charge >= 0.3 is 5.97 Å². The van der Waals surface area contributed by atoms with E-state index >= 15 is 0 Å². The molecular formula is C13H19NO3. The van der Waals surface area contributed by atoms with Crippen LogP contribution in [0.1, 0.15) is 25.8 Å². The zero-order valence-corrected chi connectivity index (χ0v) is 10.7. The molecule has 0 heterocycles. The number of methoxy groups -OCH3 is 1. The van der Waals surface area contributed by atoms with Gasteiger partial charge in [0, 0.05) is 5.69 Å². The number of anilines is 1. The van der Waals surface area contributed by atoms with E-state index in [0.717, 1.165) is 17.0 Å². The van der Waals surface area contributed by atoms with E-state index < -0.39 is 11.5 Å². The van der Waals surface area contributed by atoms with Gasteiger partial charge in [-0.05, 0) is 44.0 Å². The van der Waals surface area contributed by atoms with Crippen molar-refractivity contribution in [1.29, 1.82) is 0 Å². The van der Waals surface area contributed by atoms with Crippen LogP contribution in [0.25, 0.3) is 0 Å². The minimum absolute atomic E-state index is 0.508. The summed E-state index contributed by atoms with van der Waals surface area (Å²) in [6, 6.07) is 5.53. The molecule has 17 heavy (non-hydrogen) atoms. The Balaban J connectivity index is 2.98. The third kappa shape index (κ3) is 2.90. The van der Waals surface area contributed by atoms with E-state index in [0.29, 0.717) is 6.42 Å². The van der Waals surface area contributed by atoms with Gasteiger partial charge in [0.05, 0.1) is 7.11 Å². The minimum Gasteiger partial charge on any atom is -0.497 e. The van der Waals surface area contributed by atoms with Crippen molar-refractivity contribution in [3.8, 4) is 5.75 Å². The number of aliphatic carboxylic acids is 1. The zero-order chi connectivity index (χ0) is 13.1. The van der Waals surface area contributed by atoms with Crippen LogP contribution in [-0.2, 0) is 4.79 Å². The van der Waals surface area contributed by atoms with E-state index in [2.05, 4.69) is 5.32 Å². The summed E-state index contributed by atoms with van der Waals surface area (Å²) in [5.41, 5.74) is 0.835. The van der Waals surface area contributed by atoms with Gasteiger partial charge in [0.25, 0.3) is 0 Å². The summed E-state index contributed by atoms with van der Waals surface area (Å²) in [5.74, 6) is -0.0863. The third-order valence-electron chi connectivity index (χ3n) is 3.02. The van der Waals surface area contributed by atoms with Crippen molar-refractivity contribution in [2.45, 2.75) is 32.7 Å². The number of hydrogen-bond donors (Lipinski definition) is 2. The molecule has 0 aliphatic carbocycles. The quantitative estimate of drug-likeness (QED) is 0.826. The second-order valence-electron chi connectivity index (χ2n) is 4.30. The predicted octanol–water partition coefficient (Wildman–Crippen LogP) is 2.67. The summed E-state index contributed by atoms with van der Waals surface area (Å²) in [6.07, 6.45) is 0.508. The maximum absolute atomic E-state index is 11.2. The molecule has 1 aromatic carbocycles. The van der Waals surface area contributed by atoms with E-state index in [9.17, 15) is 9.90 Å². The van der Waals surface area contributed by atoms with Gasteiger partial charge in [-0.15, -0.1) is 0 Å². The van der Waals surface area contributed by atoms with E-state index in [1.165, 1.54) is 0 Å². The van der Waals surface area contributed by atoms with Crippen LogP contribution >= 0.6 is 0 Å². The first-order chi connectivity index (χ1) is 7.92. The molecule has 0 saturated heterocycles. The second kappa shape index (κ2) is 5.08. The fourth-order valence-electron chi connectivity index (χ4n) is 1.49. The lowest BCUT2D eigenvalue weighted by atomic mass is 9.98. The summed E-state index contributed by atoms with van der Waals surface area (Å²) in [6.45, 7) is 5.45. The number of benzene rings is 1. The number of rotatable bonds is 5. The Bertz CT molecular complexity index is 417. The first-order valence-electron chi connectivity index (χ1n) is 5.59. The molecule has 0 bridgehead atoms. The van der Waals surface area contributed by atoms with Crippen molar-refractivity contribution in [3.05, 3.63) is 23.8 Å². The normalized spacial score (nSPS) is 13.9. The van der Waals surface area contributed by atoms with Gasteiger partial charge < -0.3 is 15.2 Å². The van der Waals surface area contributed by atoms with Crippen LogP contribution in [0.15, 0.2) is 18.2 Å². The topological polar surface area (TPSA) is 58.6 Å². The Kier molecular flexibility index (Phi) is 3.99. The number of aryl methyl sites for hydroxylation is 1. The van der Waals surface area contributed by atoms with Crippen LogP contribution in [0.4, 0.5) is 5.69 Å². The van der Waals surface area contributed by atoms with Crippen LogP contribution in [-0.4, -0.2) is 23.7 Å². The molecule has 1 aromatic rings. The number of ether oxygens (including phenoxy) is 1. The molecule has 0 amide bonds. The average Bonchev–Trinajstić information content (AvgIpc) is 2.31. The van der Waals surface area contributed by atoms with Gasteiger partial charge in [-0.3, -0.25) is 0 Å². The Morgan fingerprint density at radius 3 is 2.59 bits per heavy atom. The Labute approximate surface area is 102 Å². The lowest BCUT2D eigenvalue weighted by Crippen LogP contribution is -2.42. The van der Waals surface area contributed by atoms with Gasteiger partial charge in [-0.2, -0.15) is 0 Å². The van der Waals surface area contributed by atoms with Crippen LogP contribution in [0.2, 0.25) is 0 Å². The van der Waals surface area contributed by atoms with Crippen molar-refractivity contribution in [2.24, 2.45) is 0 Å². The summed E-state index contributed by atoms with van der Waals surface area (Å²) >= 11 is 0. The van der Waals surface area contributed by atoms with Crippen LogP contribution in [0, 0.1) is 6.92 Å². The molecule has 0 radical (unpaired) electrons. The Morgan fingerprint density at radius 2 is 2.18 bits per heavy atom. The lowest BCUT2D eigenvalue weighted by Gasteiger charge is -2.27. The Morgan fingerprint density at radius 1 is 1.53 bits per heavy atom. The number of carboxylic acids is 1. The average molecular weight is 237 g/mol. The largest absolute Gasteiger partial charge is 0.497 e. The molecule has 1 atom stereocenters. The fraction of sp³-hybridized carbons (Fsp3) is 0.462. The van der Waals surface area contributed by atoms with Crippen molar-refractivity contribution in [1.82, 2.24) is 0 Å². The molecule has 0 aliphatic heterocycles. The summed E-state index contributed by atoms with van der Waals surface area (Å²) in [4.78, 5) is 11.2. The molecule has 0 spiro atoms. The van der Waals surface area contributed by atoms with Crippen LogP contribution in [0.3, 0.4) is 0 Å². The molecule has 1 rings (SSSR count). The van der Waals surface area contributed by atoms with E-state index in [1.54, 1.807) is 14.0 Å². The standard InChI is InChI=1S/C13H19NO3/c1-5-13(3,12(15)16)14-11-7-6-10(17-4)8-9(11)2/h6-8,14H,5H2,1-4H3,(H,15,16). The minimum atomic E-state index is -0.945. The third-order valence-corrected chi connectivity index (χ3v) is 3.02. The molecule has 0 saturated carbocycles. The van der Waals surface area contributed by atoms with Gasteiger partial charge in [0.15, 0.2) is 0 Å². The van der Waals surface area contributed by atoms with Crippen molar-refractivity contribution in [3.63, 3.8) is 0 Å². The van der Waals surface area contributed by atoms with Crippen molar-refractivity contribution in [2.75, 3.05) is 12.4 Å². The molecule has 94 valence electrons. The van der Waals surface area contributed by atoms with E-state index in [4.69, 9.17) is 4.74 Å². The van der Waals surface area contributed by atoms with Gasteiger partial charge in [-0.1, -0.05) is 6.92 Å². The number of carbonyl (C=O) groups is 1. The number of nitrogens with one attached hydrogen (secondary N) is 1. The SMILES string of the molecule is CCC(C)(Nc1ccc(OC)cc1C)C(=O)O. The highest BCUT2D eigenvalue weighted by molar-refractivity contribution is 5.82. The fourth-order valence-corrected chi connectivity index (χ4v) is 1.49. The summed E-state index contributed by atoms with van der Waals surface area (Å²) < 4.78 is 5.11. The molecule has 4 heteroatoms. The molecule has 0 fully saturated rings. The van der Waals surface area contributed by atoms with E-state index in [-0.39, 0.29) is 0 Å². The molecule has 0 aliphatic rings. The van der Waals surface area contributed by atoms with Crippen LogP contribution in [0.5, 0.6) is 5.75 Å². The maximum atomic E-state index is 11.2. The predicted molar refractivity (Wildman–Crippen MR) is 67.7 cm³/mol. The monoisotopic (exact) mass is 237 g/mol. The molecule has 2 N–H and O–H groups in total. The molecule has 4 nitrogen and oxygen atoms in total. The zero-order valence-electron chi connectivity index (χ0n) is 10.7. The smallest absolute Gasteiger partial charge is 0.329 e. The highest BCUT2D eigenvalue weighted by Gasteiger charge is 2.31. The summed E-state index contributed by atoms with van der Waals surface area (Å²) in [7, 11) is 1.61. The van der Waals surface area contributed by atoms with Crippen LogP contribution < -0.4 is 10.1 Å². The molecule has 1 unspecified atom stereocenters. The first kappa shape index (κ1) is 13.4. The highest BCUT2D eigenvalue weighted by atomic mass is 16.5. The first-order valence-corrected chi connectivity index (χ1v) is 5.59. The highest BCUT2D eigenvalue weighted by Crippen LogP contribution is 2.25. The molecular weight excluding hydrogens is 218 g/mol. The van der Waals surface area contributed by atoms with Gasteiger partial charge in [0.2, 0.25) is 0 Å². The molecule has 0 aromatic heterocycles. The van der Waals surface area contributed by atoms with Crippen molar-refractivity contribution >= 4 is 11.7 Å². The second-order valence-corrected chi connectivity index (χ2v) is 4.30. The van der Waals surface area contributed by atoms with Gasteiger partial charge in [0.1, 0.15) is 11.3 Å².